The lowest BCUT2D eigenvalue weighted by atomic mass is 10.0. The van der Waals surface area contributed by atoms with Crippen molar-refractivity contribution in [1.82, 2.24) is 5.32 Å². The van der Waals surface area contributed by atoms with Crippen molar-refractivity contribution in [2.45, 2.75) is 12.1 Å². The van der Waals surface area contributed by atoms with Crippen molar-refractivity contribution in [3.63, 3.8) is 0 Å². The van der Waals surface area contributed by atoms with Crippen LogP contribution in [0.15, 0.2) is 48.5 Å². The lowest BCUT2D eigenvalue weighted by Crippen LogP contribution is -2.48. The standard InChI is InChI=1S/C19H17N3O4/c20-9-12-2-1-3-14(8-12)19(25)21-15-6-4-13(5-7-15)18(24)16-10-26-11-17(23)22-16/h1-8,16,18,24H,10-11H2,(H,21,25)(H,22,23). The summed E-state index contributed by atoms with van der Waals surface area (Å²) in [5.74, 6) is -0.591. The predicted octanol–water partition coefficient (Wildman–Crippen LogP) is 1.36. The van der Waals surface area contributed by atoms with Gasteiger partial charge in [-0.2, -0.15) is 5.26 Å². The molecule has 132 valence electrons. The van der Waals surface area contributed by atoms with Gasteiger partial charge in [-0.15, -0.1) is 0 Å². The van der Waals surface area contributed by atoms with Crippen LogP contribution in [0, 0.1) is 11.3 Å². The molecule has 2 atom stereocenters. The molecule has 1 aliphatic heterocycles. The van der Waals surface area contributed by atoms with E-state index in [0.29, 0.717) is 22.4 Å². The first kappa shape index (κ1) is 17.6. The number of nitriles is 1. The van der Waals surface area contributed by atoms with Crippen molar-refractivity contribution < 1.29 is 19.4 Å². The molecule has 1 heterocycles. The van der Waals surface area contributed by atoms with E-state index in [-0.39, 0.29) is 25.0 Å². The normalized spacial score (nSPS) is 17.7. The molecule has 0 bridgehead atoms. The van der Waals surface area contributed by atoms with Gasteiger partial charge in [0.05, 0.1) is 24.3 Å². The maximum Gasteiger partial charge on any atom is 0.255 e. The molecule has 0 aliphatic carbocycles. The second-order valence-electron chi connectivity index (χ2n) is 5.90. The lowest BCUT2D eigenvalue weighted by molar-refractivity contribution is -0.133. The largest absolute Gasteiger partial charge is 0.386 e. The molecule has 3 rings (SSSR count). The highest BCUT2D eigenvalue weighted by Crippen LogP contribution is 2.21. The van der Waals surface area contributed by atoms with E-state index in [0.717, 1.165) is 0 Å². The van der Waals surface area contributed by atoms with Gasteiger partial charge >= 0.3 is 0 Å². The van der Waals surface area contributed by atoms with Crippen molar-refractivity contribution in [3.8, 4) is 6.07 Å². The van der Waals surface area contributed by atoms with E-state index in [1.807, 2.05) is 6.07 Å². The first-order chi connectivity index (χ1) is 12.6. The number of benzene rings is 2. The molecule has 2 amide bonds. The average molecular weight is 351 g/mol. The molecule has 3 N–H and O–H groups in total. The monoisotopic (exact) mass is 351 g/mol. The molecule has 0 saturated carbocycles. The predicted molar refractivity (Wildman–Crippen MR) is 93.3 cm³/mol. The second kappa shape index (κ2) is 7.78. The quantitative estimate of drug-likeness (QED) is 0.770. The smallest absolute Gasteiger partial charge is 0.255 e. The molecule has 2 aromatic carbocycles. The number of morpholine rings is 1. The second-order valence-corrected chi connectivity index (χ2v) is 5.90. The molecular weight excluding hydrogens is 334 g/mol. The molecule has 1 saturated heterocycles. The SMILES string of the molecule is N#Cc1cccc(C(=O)Nc2ccc(C(O)C3COCC(=O)N3)cc2)c1. The molecular formula is C19H17N3O4. The maximum absolute atomic E-state index is 12.3. The van der Waals surface area contributed by atoms with E-state index in [1.54, 1.807) is 42.5 Å². The molecule has 26 heavy (non-hydrogen) atoms. The fraction of sp³-hybridized carbons (Fsp3) is 0.211. The molecule has 7 nitrogen and oxygen atoms in total. The fourth-order valence-electron chi connectivity index (χ4n) is 2.67. The highest BCUT2D eigenvalue weighted by atomic mass is 16.5. The maximum atomic E-state index is 12.3. The number of nitrogens with zero attached hydrogens (tertiary/aromatic N) is 1. The molecule has 2 unspecified atom stereocenters. The summed E-state index contributed by atoms with van der Waals surface area (Å²) in [6, 6.07) is 14.6. The zero-order chi connectivity index (χ0) is 18.5. The van der Waals surface area contributed by atoms with Crippen molar-refractivity contribution in [2.24, 2.45) is 0 Å². The Morgan fingerprint density at radius 3 is 2.77 bits per heavy atom. The van der Waals surface area contributed by atoms with E-state index in [4.69, 9.17) is 10.00 Å². The lowest BCUT2D eigenvalue weighted by Gasteiger charge is -2.28. The summed E-state index contributed by atoms with van der Waals surface area (Å²) in [6.45, 7) is 0.238. The minimum absolute atomic E-state index is 0.00118. The number of aliphatic hydroxyl groups excluding tert-OH is 1. The fourth-order valence-corrected chi connectivity index (χ4v) is 2.67. The summed E-state index contributed by atoms with van der Waals surface area (Å²) >= 11 is 0. The van der Waals surface area contributed by atoms with Gasteiger partial charge in [0.2, 0.25) is 5.91 Å². The van der Waals surface area contributed by atoms with Gasteiger partial charge in [-0.25, -0.2) is 0 Å². The number of ether oxygens (including phenoxy) is 1. The summed E-state index contributed by atoms with van der Waals surface area (Å²) in [6.07, 6.45) is -0.906. The van der Waals surface area contributed by atoms with Crippen LogP contribution in [0.1, 0.15) is 27.6 Å². The molecule has 0 radical (unpaired) electrons. The van der Waals surface area contributed by atoms with Crippen LogP contribution in [0.4, 0.5) is 5.69 Å². The van der Waals surface area contributed by atoms with E-state index in [2.05, 4.69) is 10.6 Å². The third-order valence-corrected chi connectivity index (χ3v) is 4.02. The van der Waals surface area contributed by atoms with E-state index in [9.17, 15) is 14.7 Å². The van der Waals surface area contributed by atoms with Gasteiger partial charge in [0.1, 0.15) is 12.7 Å². The van der Waals surface area contributed by atoms with Crippen LogP contribution >= 0.6 is 0 Å². The Morgan fingerprint density at radius 1 is 1.31 bits per heavy atom. The number of hydrogen-bond donors (Lipinski definition) is 3. The van der Waals surface area contributed by atoms with Gasteiger partial charge in [-0.05, 0) is 35.9 Å². The van der Waals surface area contributed by atoms with Crippen LogP contribution in [0.25, 0.3) is 0 Å². The Kier molecular flexibility index (Phi) is 5.27. The minimum Gasteiger partial charge on any atom is -0.386 e. The Bertz CT molecular complexity index is 858. The molecule has 1 aliphatic rings. The third-order valence-electron chi connectivity index (χ3n) is 4.02. The van der Waals surface area contributed by atoms with Gasteiger partial charge < -0.3 is 20.5 Å². The molecule has 0 aromatic heterocycles. The number of nitrogens with one attached hydrogen (secondary N) is 2. The number of amides is 2. The Balaban J connectivity index is 1.66. The first-order valence-electron chi connectivity index (χ1n) is 8.03. The van der Waals surface area contributed by atoms with Crippen LogP contribution in [0.2, 0.25) is 0 Å². The minimum atomic E-state index is -0.906. The zero-order valence-electron chi connectivity index (χ0n) is 13.8. The van der Waals surface area contributed by atoms with Crippen LogP contribution in [-0.2, 0) is 9.53 Å². The van der Waals surface area contributed by atoms with Gasteiger partial charge in [0, 0.05) is 11.3 Å². The van der Waals surface area contributed by atoms with Crippen LogP contribution in [0.5, 0.6) is 0 Å². The molecule has 0 spiro atoms. The number of aliphatic hydroxyl groups is 1. The number of rotatable bonds is 4. The van der Waals surface area contributed by atoms with Crippen molar-refractivity contribution in [2.75, 3.05) is 18.5 Å². The van der Waals surface area contributed by atoms with Crippen LogP contribution < -0.4 is 10.6 Å². The van der Waals surface area contributed by atoms with Gasteiger partial charge in [-0.3, -0.25) is 9.59 Å². The summed E-state index contributed by atoms with van der Waals surface area (Å²) in [7, 11) is 0. The molecule has 2 aromatic rings. The molecule has 7 heteroatoms. The topological polar surface area (TPSA) is 111 Å². The van der Waals surface area contributed by atoms with Crippen molar-refractivity contribution >= 4 is 17.5 Å². The highest BCUT2D eigenvalue weighted by molar-refractivity contribution is 6.04. The summed E-state index contributed by atoms with van der Waals surface area (Å²) in [5, 5.41) is 24.7. The Morgan fingerprint density at radius 2 is 2.08 bits per heavy atom. The van der Waals surface area contributed by atoms with Crippen molar-refractivity contribution in [3.05, 3.63) is 65.2 Å². The van der Waals surface area contributed by atoms with Crippen LogP contribution in [-0.4, -0.2) is 36.2 Å². The van der Waals surface area contributed by atoms with Crippen molar-refractivity contribution in [1.29, 1.82) is 5.26 Å². The number of carbonyl (C=O) groups is 2. The number of hydrogen-bond acceptors (Lipinski definition) is 5. The van der Waals surface area contributed by atoms with Gasteiger partial charge in [-0.1, -0.05) is 18.2 Å². The Hall–Kier alpha value is -3.21. The van der Waals surface area contributed by atoms with Gasteiger partial charge in [0.25, 0.3) is 5.91 Å². The summed E-state index contributed by atoms with van der Waals surface area (Å²) in [5.41, 5.74) is 1.95. The zero-order valence-corrected chi connectivity index (χ0v) is 13.8. The Labute approximate surface area is 150 Å². The first-order valence-corrected chi connectivity index (χ1v) is 8.03. The van der Waals surface area contributed by atoms with E-state index in [1.165, 1.54) is 6.07 Å². The van der Waals surface area contributed by atoms with E-state index >= 15 is 0 Å². The number of anilines is 1. The summed E-state index contributed by atoms with van der Waals surface area (Å²) < 4.78 is 5.13. The molecule has 1 fully saturated rings. The third kappa shape index (κ3) is 4.06. The van der Waals surface area contributed by atoms with Crippen LogP contribution in [0.3, 0.4) is 0 Å². The van der Waals surface area contributed by atoms with E-state index < -0.39 is 12.1 Å². The highest BCUT2D eigenvalue weighted by Gasteiger charge is 2.26. The average Bonchev–Trinajstić information content (AvgIpc) is 2.68. The number of carbonyl (C=O) groups excluding carboxylic acids is 2. The summed E-state index contributed by atoms with van der Waals surface area (Å²) in [4.78, 5) is 23.6. The van der Waals surface area contributed by atoms with Gasteiger partial charge in [0.15, 0.2) is 0 Å².